The molecule has 0 radical (unpaired) electrons. The fraction of sp³-hybridized carbons (Fsp3) is 0.0769. The van der Waals surface area contributed by atoms with E-state index in [0.717, 1.165) is 5.56 Å². The largest absolute Gasteiger partial charge is 0.487 e. The molecule has 104 valence electrons. The fourth-order valence-corrected chi connectivity index (χ4v) is 2.29. The first kappa shape index (κ1) is 14.9. The molecule has 4 nitrogen and oxygen atoms in total. The molecule has 2 aromatic carbocycles. The minimum atomic E-state index is -0.492. The Labute approximate surface area is 131 Å². The lowest BCUT2D eigenvalue weighted by atomic mass is 10.2. The van der Waals surface area contributed by atoms with Gasteiger partial charge in [0.05, 0.1) is 19.9 Å². The van der Waals surface area contributed by atoms with Crippen molar-refractivity contribution in [3.05, 3.63) is 66.8 Å². The van der Waals surface area contributed by atoms with Gasteiger partial charge in [-0.1, -0.05) is 6.07 Å². The molecule has 0 heterocycles. The van der Waals surface area contributed by atoms with Crippen LogP contribution in [0, 0.1) is 15.9 Å². The number of halogens is 3. The van der Waals surface area contributed by atoms with E-state index in [0.29, 0.717) is 14.7 Å². The van der Waals surface area contributed by atoms with Crippen LogP contribution in [0.5, 0.6) is 5.75 Å². The summed E-state index contributed by atoms with van der Waals surface area (Å²) in [4.78, 5) is 10.2. The molecule has 0 atom stereocenters. The smallest absolute Gasteiger partial charge is 0.273 e. The van der Waals surface area contributed by atoms with Gasteiger partial charge in [-0.25, -0.2) is 4.39 Å². The van der Waals surface area contributed by atoms with Crippen LogP contribution in [-0.4, -0.2) is 4.92 Å². The summed E-state index contributed by atoms with van der Waals surface area (Å²) >= 11 is 6.35. The van der Waals surface area contributed by atoms with Crippen LogP contribution >= 0.6 is 31.9 Å². The van der Waals surface area contributed by atoms with Gasteiger partial charge in [-0.05, 0) is 55.6 Å². The van der Waals surface area contributed by atoms with Gasteiger partial charge in [-0.3, -0.25) is 10.1 Å². The molecule has 0 saturated heterocycles. The monoisotopic (exact) mass is 403 g/mol. The summed E-state index contributed by atoms with van der Waals surface area (Å²) in [5.74, 6) is 0.00456. The standard InChI is InChI=1S/C13H8Br2FNO3/c14-10-3-2-9(17(18)19)6-13(10)20-7-8-1-4-12(16)11(15)5-8/h1-6H,7H2. The molecule has 0 amide bonds. The van der Waals surface area contributed by atoms with Gasteiger partial charge >= 0.3 is 0 Å². The number of hydrogen-bond donors (Lipinski definition) is 0. The van der Waals surface area contributed by atoms with Crippen LogP contribution in [0.2, 0.25) is 0 Å². The van der Waals surface area contributed by atoms with E-state index in [2.05, 4.69) is 31.9 Å². The number of rotatable bonds is 4. The molecule has 2 aromatic rings. The van der Waals surface area contributed by atoms with Crippen LogP contribution in [-0.2, 0) is 6.61 Å². The van der Waals surface area contributed by atoms with Gasteiger partial charge in [-0.2, -0.15) is 0 Å². The number of non-ortho nitro benzene ring substituents is 1. The topological polar surface area (TPSA) is 52.4 Å². The second-order valence-corrected chi connectivity index (χ2v) is 5.62. The van der Waals surface area contributed by atoms with Gasteiger partial charge in [0.1, 0.15) is 18.2 Å². The maximum atomic E-state index is 13.1. The van der Waals surface area contributed by atoms with Crippen molar-refractivity contribution >= 4 is 37.5 Å². The first-order valence-corrected chi connectivity index (χ1v) is 7.06. The lowest BCUT2D eigenvalue weighted by molar-refractivity contribution is -0.385. The molecule has 20 heavy (non-hydrogen) atoms. The van der Waals surface area contributed by atoms with Crippen molar-refractivity contribution < 1.29 is 14.1 Å². The van der Waals surface area contributed by atoms with Crippen molar-refractivity contribution in [3.8, 4) is 5.75 Å². The quantitative estimate of drug-likeness (QED) is 0.541. The lowest BCUT2D eigenvalue weighted by Crippen LogP contribution is -1.98. The number of hydrogen-bond acceptors (Lipinski definition) is 3. The lowest BCUT2D eigenvalue weighted by Gasteiger charge is -2.08. The van der Waals surface area contributed by atoms with Crippen LogP contribution in [0.4, 0.5) is 10.1 Å². The van der Waals surface area contributed by atoms with E-state index in [1.165, 1.54) is 18.2 Å². The summed E-state index contributed by atoms with van der Waals surface area (Å²) in [5, 5.41) is 10.7. The van der Waals surface area contributed by atoms with E-state index in [-0.39, 0.29) is 18.1 Å². The zero-order valence-electron chi connectivity index (χ0n) is 9.98. The average molecular weight is 405 g/mol. The molecule has 0 spiro atoms. The third-order valence-electron chi connectivity index (χ3n) is 2.50. The molecule has 0 aromatic heterocycles. The Morgan fingerprint density at radius 1 is 1.15 bits per heavy atom. The van der Waals surface area contributed by atoms with E-state index in [9.17, 15) is 14.5 Å². The predicted molar refractivity (Wildman–Crippen MR) is 79.2 cm³/mol. The van der Waals surface area contributed by atoms with Crippen molar-refractivity contribution in [1.29, 1.82) is 0 Å². The molecule has 0 aliphatic rings. The van der Waals surface area contributed by atoms with Crippen LogP contribution in [0.15, 0.2) is 45.3 Å². The zero-order valence-corrected chi connectivity index (χ0v) is 13.1. The second kappa shape index (κ2) is 6.32. The molecule has 0 aliphatic heterocycles. The summed E-state index contributed by atoms with van der Waals surface area (Å²) in [5.41, 5.74) is 0.695. The highest BCUT2D eigenvalue weighted by Gasteiger charge is 2.11. The molecule has 0 saturated carbocycles. The number of nitro groups is 1. The Balaban J connectivity index is 2.15. The van der Waals surface area contributed by atoms with Gasteiger partial charge in [-0.15, -0.1) is 0 Å². The van der Waals surface area contributed by atoms with Crippen molar-refractivity contribution in [2.75, 3.05) is 0 Å². The molecule has 0 fully saturated rings. The third kappa shape index (κ3) is 3.55. The number of nitrogens with zero attached hydrogens (tertiary/aromatic N) is 1. The average Bonchev–Trinajstić information content (AvgIpc) is 2.41. The summed E-state index contributed by atoms with van der Waals surface area (Å²) in [6.07, 6.45) is 0. The van der Waals surface area contributed by atoms with Gasteiger partial charge in [0.25, 0.3) is 5.69 Å². The van der Waals surface area contributed by atoms with Crippen molar-refractivity contribution in [1.82, 2.24) is 0 Å². The SMILES string of the molecule is O=[N+]([O-])c1ccc(Br)c(OCc2ccc(F)c(Br)c2)c1. The molecule has 0 N–H and O–H groups in total. The Hall–Kier alpha value is -1.47. The zero-order chi connectivity index (χ0) is 14.7. The molecular formula is C13H8Br2FNO3. The van der Waals surface area contributed by atoms with Crippen molar-refractivity contribution in [2.24, 2.45) is 0 Å². The van der Waals surface area contributed by atoms with E-state index >= 15 is 0 Å². The Bertz CT molecular complexity index is 664. The molecule has 0 aliphatic carbocycles. The highest BCUT2D eigenvalue weighted by atomic mass is 79.9. The number of benzene rings is 2. The number of ether oxygens (including phenoxy) is 1. The summed E-state index contributed by atoms with van der Waals surface area (Å²) < 4.78 is 19.6. The van der Waals surface area contributed by atoms with E-state index in [1.807, 2.05) is 0 Å². The van der Waals surface area contributed by atoms with Gasteiger partial charge in [0.15, 0.2) is 0 Å². The van der Waals surface area contributed by atoms with Crippen LogP contribution in [0.1, 0.15) is 5.56 Å². The Morgan fingerprint density at radius 3 is 2.55 bits per heavy atom. The van der Waals surface area contributed by atoms with Crippen molar-refractivity contribution in [3.63, 3.8) is 0 Å². The highest BCUT2D eigenvalue weighted by molar-refractivity contribution is 9.10. The van der Waals surface area contributed by atoms with Gasteiger partial charge in [0.2, 0.25) is 0 Å². The third-order valence-corrected chi connectivity index (χ3v) is 3.77. The summed E-state index contributed by atoms with van der Waals surface area (Å²) in [6.45, 7) is 0.179. The normalized spacial score (nSPS) is 10.3. The van der Waals surface area contributed by atoms with Crippen molar-refractivity contribution in [2.45, 2.75) is 6.61 Å². The van der Waals surface area contributed by atoms with Gasteiger partial charge < -0.3 is 4.74 Å². The molecular weight excluding hydrogens is 397 g/mol. The maximum Gasteiger partial charge on any atom is 0.273 e. The first-order valence-electron chi connectivity index (χ1n) is 5.48. The maximum absolute atomic E-state index is 13.1. The summed E-state index contributed by atoms with van der Waals surface area (Å²) in [7, 11) is 0. The Morgan fingerprint density at radius 2 is 1.90 bits per heavy atom. The molecule has 2 rings (SSSR count). The van der Waals surface area contributed by atoms with Crippen LogP contribution < -0.4 is 4.74 Å². The second-order valence-electron chi connectivity index (χ2n) is 3.91. The summed E-state index contributed by atoms with van der Waals surface area (Å²) in [6, 6.07) is 8.78. The Kier molecular flexibility index (Phi) is 4.72. The molecule has 7 heteroatoms. The molecule has 0 unspecified atom stereocenters. The highest BCUT2D eigenvalue weighted by Crippen LogP contribution is 2.30. The van der Waals surface area contributed by atoms with E-state index in [1.54, 1.807) is 18.2 Å². The molecule has 0 bridgehead atoms. The minimum absolute atomic E-state index is 0.0523. The first-order chi connectivity index (χ1) is 9.47. The van der Waals surface area contributed by atoms with Crippen LogP contribution in [0.25, 0.3) is 0 Å². The van der Waals surface area contributed by atoms with E-state index in [4.69, 9.17) is 4.74 Å². The number of nitro benzene ring substituents is 1. The van der Waals surface area contributed by atoms with E-state index < -0.39 is 4.92 Å². The predicted octanol–water partition coefficient (Wildman–Crippen LogP) is 4.84. The van der Waals surface area contributed by atoms with Crippen LogP contribution in [0.3, 0.4) is 0 Å². The minimum Gasteiger partial charge on any atom is -0.487 e. The van der Waals surface area contributed by atoms with Gasteiger partial charge in [0, 0.05) is 6.07 Å². The fourth-order valence-electron chi connectivity index (χ4n) is 1.51.